The normalized spacial score (nSPS) is 13.3. The monoisotopic (exact) mass is 176 g/mol. The van der Waals surface area contributed by atoms with Crippen LogP contribution in [0.15, 0.2) is 24.3 Å². The maximum absolute atomic E-state index is 3.89. The molecule has 0 saturated carbocycles. The molecule has 1 aromatic rings. The highest BCUT2D eigenvalue weighted by Crippen LogP contribution is 2.18. The number of hydrogen-bond donors (Lipinski definition) is 0. The average molecular weight is 176 g/mol. The Bertz CT molecular complexity index is 266. The van der Waals surface area contributed by atoms with Gasteiger partial charge in [0, 0.05) is 6.04 Å². The van der Waals surface area contributed by atoms with Gasteiger partial charge in [-0.15, -0.1) is 0 Å². The first-order chi connectivity index (χ1) is 6.15. The molecule has 0 heterocycles. The van der Waals surface area contributed by atoms with Crippen molar-refractivity contribution in [2.75, 3.05) is 14.1 Å². The molecule has 0 bridgehead atoms. The van der Waals surface area contributed by atoms with E-state index in [4.69, 9.17) is 0 Å². The molecule has 1 aromatic carbocycles. The molecule has 0 aliphatic rings. The number of nitrogens with zero attached hydrogens (tertiary/aromatic N) is 1. The summed E-state index contributed by atoms with van der Waals surface area (Å²) in [5, 5.41) is 0. The lowest BCUT2D eigenvalue weighted by atomic mass is 10.0. The molecule has 71 valence electrons. The molecule has 0 aliphatic carbocycles. The van der Waals surface area contributed by atoms with Crippen molar-refractivity contribution in [1.29, 1.82) is 0 Å². The zero-order valence-electron chi connectivity index (χ0n) is 8.75. The van der Waals surface area contributed by atoms with Crippen molar-refractivity contribution in [3.05, 3.63) is 42.3 Å². The Kier molecular flexibility index (Phi) is 3.49. The SMILES string of the molecule is [CH2]Cc1cccc(C(C)N(C)C)c1. The van der Waals surface area contributed by atoms with Gasteiger partial charge in [0.2, 0.25) is 0 Å². The van der Waals surface area contributed by atoms with Crippen LogP contribution >= 0.6 is 0 Å². The molecule has 1 rings (SSSR count). The summed E-state index contributed by atoms with van der Waals surface area (Å²) in [5.41, 5.74) is 2.68. The fraction of sp³-hybridized carbons (Fsp3) is 0.417. The number of rotatable bonds is 3. The molecule has 1 unspecified atom stereocenters. The highest BCUT2D eigenvalue weighted by Gasteiger charge is 2.06. The zero-order chi connectivity index (χ0) is 9.84. The van der Waals surface area contributed by atoms with Crippen LogP contribution in [0.5, 0.6) is 0 Å². The molecule has 0 spiro atoms. The Morgan fingerprint density at radius 3 is 2.62 bits per heavy atom. The third-order valence-corrected chi connectivity index (χ3v) is 2.50. The third-order valence-electron chi connectivity index (χ3n) is 2.50. The largest absolute Gasteiger partial charge is 0.303 e. The fourth-order valence-electron chi connectivity index (χ4n) is 1.31. The van der Waals surface area contributed by atoms with Crippen LogP contribution in [0.2, 0.25) is 0 Å². The van der Waals surface area contributed by atoms with E-state index < -0.39 is 0 Å². The van der Waals surface area contributed by atoms with Gasteiger partial charge in [0.05, 0.1) is 0 Å². The Balaban J connectivity index is 2.88. The van der Waals surface area contributed by atoms with Crippen LogP contribution in [-0.4, -0.2) is 19.0 Å². The van der Waals surface area contributed by atoms with Crippen LogP contribution in [0, 0.1) is 6.92 Å². The van der Waals surface area contributed by atoms with E-state index in [9.17, 15) is 0 Å². The van der Waals surface area contributed by atoms with E-state index >= 15 is 0 Å². The first-order valence-electron chi connectivity index (χ1n) is 4.69. The molecule has 13 heavy (non-hydrogen) atoms. The second-order valence-electron chi connectivity index (χ2n) is 3.63. The van der Waals surface area contributed by atoms with Gasteiger partial charge in [0.1, 0.15) is 0 Å². The van der Waals surface area contributed by atoms with Gasteiger partial charge in [-0.2, -0.15) is 0 Å². The summed E-state index contributed by atoms with van der Waals surface area (Å²) in [6, 6.07) is 9.11. The molecule has 1 radical (unpaired) electrons. The fourth-order valence-corrected chi connectivity index (χ4v) is 1.31. The second-order valence-corrected chi connectivity index (χ2v) is 3.63. The van der Waals surface area contributed by atoms with Crippen LogP contribution in [0.25, 0.3) is 0 Å². The first kappa shape index (κ1) is 10.3. The Labute approximate surface area is 81.4 Å². The van der Waals surface area contributed by atoms with Gasteiger partial charge in [-0.05, 0) is 45.5 Å². The molecule has 0 saturated heterocycles. The Morgan fingerprint density at radius 1 is 1.38 bits per heavy atom. The highest BCUT2D eigenvalue weighted by atomic mass is 15.1. The Morgan fingerprint density at radius 2 is 2.08 bits per heavy atom. The number of benzene rings is 1. The maximum atomic E-state index is 3.89. The zero-order valence-corrected chi connectivity index (χ0v) is 8.75. The summed E-state index contributed by atoms with van der Waals surface area (Å²) < 4.78 is 0. The van der Waals surface area contributed by atoms with Gasteiger partial charge in [-0.1, -0.05) is 24.3 Å². The van der Waals surface area contributed by atoms with E-state index in [0.717, 1.165) is 6.42 Å². The highest BCUT2D eigenvalue weighted by molar-refractivity contribution is 5.26. The molecule has 0 aromatic heterocycles. The van der Waals surface area contributed by atoms with E-state index in [2.05, 4.69) is 57.1 Å². The first-order valence-corrected chi connectivity index (χ1v) is 4.69. The lowest BCUT2D eigenvalue weighted by Crippen LogP contribution is -2.16. The molecule has 0 fully saturated rings. The van der Waals surface area contributed by atoms with Crippen molar-refractivity contribution in [1.82, 2.24) is 4.90 Å². The minimum atomic E-state index is 0.478. The summed E-state index contributed by atoms with van der Waals surface area (Å²) in [6.07, 6.45) is 0.869. The Hall–Kier alpha value is -0.820. The third kappa shape index (κ3) is 2.56. The van der Waals surface area contributed by atoms with Crippen molar-refractivity contribution in [3.8, 4) is 0 Å². The van der Waals surface area contributed by atoms with Crippen molar-refractivity contribution in [2.24, 2.45) is 0 Å². The van der Waals surface area contributed by atoms with Crippen LogP contribution < -0.4 is 0 Å². The standard InChI is InChI=1S/C12H18N/c1-5-11-7-6-8-12(9-11)10(2)13(3)4/h6-10H,1,5H2,2-4H3. The van der Waals surface area contributed by atoms with Crippen LogP contribution in [0.3, 0.4) is 0 Å². The molecule has 0 amide bonds. The van der Waals surface area contributed by atoms with E-state index in [1.165, 1.54) is 11.1 Å². The molecule has 0 aliphatic heterocycles. The van der Waals surface area contributed by atoms with E-state index in [1.807, 2.05) is 0 Å². The smallest absolute Gasteiger partial charge is 0.0313 e. The summed E-state index contributed by atoms with van der Waals surface area (Å²) in [6.45, 7) is 6.10. The molecular formula is C12H18N. The molecule has 1 nitrogen and oxygen atoms in total. The van der Waals surface area contributed by atoms with Crippen molar-refractivity contribution < 1.29 is 0 Å². The second kappa shape index (κ2) is 4.43. The minimum absolute atomic E-state index is 0.478. The summed E-state index contributed by atoms with van der Waals surface area (Å²) >= 11 is 0. The van der Waals surface area contributed by atoms with E-state index in [-0.39, 0.29) is 0 Å². The predicted octanol–water partition coefficient (Wildman–Crippen LogP) is 2.69. The van der Waals surface area contributed by atoms with Gasteiger partial charge in [-0.3, -0.25) is 0 Å². The molecule has 1 atom stereocenters. The van der Waals surface area contributed by atoms with Crippen molar-refractivity contribution >= 4 is 0 Å². The van der Waals surface area contributed by atoms with E-state index in [0.29, 0.717) is 6.04 Å². The summed E-state index contributed by atoms with van der Waals surface area (Å²) in [5.74, 6) is 0. The van der Waals surface area contributed by atoms with Crippen LogP contribution in [-0.2, 0) is 6.42 Å². The molecular weight excluding hydrogens is 158 g/mol. The average Bonchev–Trinajstić information content (AvgIpc) is 2.16. The maximum Gasteiger partial charge on any atom is 0.0313 e. The van der Waals surface area contributed by atoms with Gasteiger partial charge in [-0.25, -0.2) is 0 Å². The topological polar surface area (TPSA) is 3.24 Å². The van der Waals surface area contributed by atoms with Crippen LogP contribution in [0.4, 0.5) is 0 Å². The lowest BCUT2D eigenvalue weighted by molar-refractivity contribution is 0.321. The van der Waals surface area contributed by atoms with Crippen molar-refractivity contribution in [3.63, 3.8) is 0 Å². The van der Waals surface area contributed by atoms with Gasteiger partial charge < -0.3 is 4.90 Å². The lowest BCUT2D eigenvalue weighted by Gasteiger charge is -2.20. The minimum Gasteiger partial charge on any atom is -0.303 e. The number of hydrogen-bond acceptors (Lipinski definition) is 1. The predicted molar refractivity (Wildman–Crippen MR) is 57.6 cm³/mol. The summed E-state index contributed by atoms with van der Waals surface area (Å²) in [7, 11) is 4.20. The van der Waals surface area contributed by atoms with Crippen molar-refractivity contribution in [2.45, 2.75) is 19.4 Å². The quantitative estimate of drug-likeness (QED) is 0.684. The van der Waals surface area contributed by atoms with Gasteiger partial charge >= 0.3 is 0 Å². The van der Waals surface area contributed by atoms with E-state index in [1.54, 1.807) is 0 Å². The van der Waals surface area contributed by atoms with Gasteiger partial charge in [0.15, 0.2) is 0 Å². The molecule has 0 N–H and O–H groups in total. The summed E-state index contributed by atoms with van der Waals surface area (Å²) in [4.78, 5) is 2.21. The van der Waals surface area contributed by atoms with Gasteiger partial charge in [0.25, 0.3) is 0 Å². The van der Waals surface area contributed by atoms with Crippen LogP contribution in [0.1, 0.15) is 24.1 Å². The molecule has 1 heteroatoms.